The molecule has 3 heterocycles. The quantitative estimate of drug-likeness (QED) is 0.585. The van der Waals surface area contributed by atoms with Crippen molar-refractivity contribution in [3.05, 3.63) is 49.9 Å². The van der Waals surface area contributed by atoms with Gasteiger partial charge in [0.05, 0.1) is 19.1 Å². The Hall–Kier alpha value is -1.51. The summed E-state index contributed by atoms with van der Waals surface area (Å²) < 4.78 is 10.8. The zero-order valence-electron chi connectivity index (χ0n) is 17.1. The molecule has 2 aromatic heterocycles. The van der Waals surface area contributed by atoms with Gasteiger partial charge in [-0.05, 0) is 59.8 Å². The number of hydrogen-bond donors (Lipinski definition) is 1. The molecule has 0 saturated carbocycles. The summed E-state index contributed by atoms with van der Waals surface area (Å²) in [5, 5.41) is 13.6. The first-order valence-corrected chi connectivity index (χ1v) is 11.7. The summed E-state index contributed by atoms with van der Waals surface area (Å²) >= 11 is 3.48. The van der Waals surface area contributed by atoms with E-state index in [4.69, 9.17) is 9.47 Å². The number of piperidine rings is 1. The lowest BCUT2D eigenvalue weighted by Gasteiger charge is -2.30. The van der Waals surface area contributed by atoms with Crippen molar-refractivity contribution in [3.8, 4) is 0 Å². The molecule has 1 saturated heterocycles. The summed E-state index contributed by atoms with van der Waals surface area (Å²) in [6.45, 7) is 3.69. The highest BCUT2D eigenvalue weighted by molar-refractivity contribution is 7.14. The average Bonchev–Trinajstić information content (AvgIpc) is 3.36. The third-order valence-corrected chi connectivity index (χ3v) is 7.21. The number of methoxy groups -OCH3 is 2. The van der Waals surface area contributed by atoms with Crippen LogP contribution >= 0.6 is 22.7 Å². The zero-order valence-corrected chi connectivity index (χ0v) is 18.7. The van der Waals surface area contributed by atoms with Crippen LogP contribution in [0.3, 0.4) is 0 Å². The fraction of sp³-hybridized carbons (Fsp3) is 0.500. The van der Waals surface area contributed by atoms with Gasteiger partial charge in [-0.1, -0.05) is 6.08 Å². The van der Waals surface area contributed by atoms with Gasteiger partial charge in [0.1, 0.15) is 0 Å². The molecular weight excluding hydrogens is 406 g/mol. The fourth-order valence-electron chi connectivity index (χ4n) is 3.82. The Morgan fingerprint density at radius 3 is 2.34 bits per heavy atom. The van der Waals surface area contributed by atoms with E-state index in [1.807, 2.05) is 0 Å². The van der Waals surface area contributed by atoms with Gasteiger partial charge < -0.3 is 19.5 Å². The third kappa shape index (κ3) is 5.77. The number of thiophene rings is 2. The van der Waals surface area contributed by atoms with Crippen LogP contribution in [0.15, 0.2) is 29.0 Å². The molecule has 0 unspecified atom stereocenters. The number of aliphatic carboxylic acids is 1. The van der Waals surface area contributed by atoms with Crippen LogP contribution in [0.25, 0.3) is 5.57 Å². The molecule has 1 aliphatic heterocycles. The van der Waals surface area contributed by atoms with Crippen LogP contribution in [0.1, 0.15) is 40.1 Å². The van der Waals surface area contributed by atoms with Crippen molar-refractivity contribution in [1.82, 2.24) is 4.90 Å². The van der Waals surface area contributed by atoms with Crippen molar-refractivity contribution in [2.24, 2.45) is 5.92 Å². The monoisotopic (exact) mass is 435 g/mol. The Morgan fingerprint density at radius 2 is 1.79 bits per heavy atom. The predicted octanol–water partition coefficient (Wildman–Crippen LogP) is 4.72. The highest BCUT2D eigenvalue weighted by Crippen LogP contribution is 2.36. The SMILES string of the molecule is COCc1ccsc1C(=CCCN1CCC[C@@H](C(=O)O)C1)c1sccc1COC. The smallest absolute Gasteiger partial charge is 0.307 e. The Morgan fingerprint density at radius 1 is 1.17 bits per heavy atom. The summed E-state index contributed by atoms with van der Waals surface area (Å²) in [5.74, 6) is -0.903. The molecule has 7 heteroatoms. The van der Waals surface area contributed by atoms with Crippen LogP contribution in [0.5, 0.6) is 0 Å². The Labute approximate surface area is 180 Å². The van der Waals surface area contributed by atoms with E-state index >= 15 is 0 Å². The van der Waals surface area contributed by atoms with Crippen LogP contribution < -0.4 is 0 Å². The summed E-state index contributed by atoms with van der Waals surface area (Å²) in [6.07, 6.45) is 4.94. The first-order chi connectivity index (χ1) is 14.1. The van der Waals surface area contributed by atoms with Gasteiger partial charge in [0.2, 0.25) is 0 Å². The molecule has 0 amide bonds. The van der Waals surface area contributed by atoms with E-state index in [2.05, 4.69) is 33.9 Å². The largest absolute Gasteiger partial charge is 0.481 e. The van der Waals surface area contributed by atoms with E-state index in [-0.39, 0.29) is 5.92 Å². The van der Waals surface area contributed by atoms with Gasteiger partial charge in [0.25, 0.3) is 0 Å². The Kier molecular flexibility index (Phi) is 8.44. The number of carboxylic acid groups (broad SMARTS) is 1. The van der Waals surface area contributed by atoms with Gasteiger partial charge in [-0.2, -0.15) is 0 Å². The number of rotatable bonds is 10. The number of hydrogen-bond acceptors (Lipinski definition) is 6. The van der Waals surface area contributed by atoms with Gasteiger partial charge in [-0.25, -0.2) is 0 Å². The van der Waals surface area contributed by atoms with Crippen LogP contribution in [0, 0.1) is 5.92 Å². The normalized spacial score (nSPS) is 17.4. The standard InChI is InChI=1S/C22H29NO4S2/c1-26-14-17-7-11-28-20(17)19(21-18(15-27-2)8-12-29-21)6-4-10-23-9-3-5-16(13-23)22(24)25/h6-8,11-12,16H,3-5,9-10,13-15H2,1-2H3,(H,24,25)/t16-/m1/s1. The minimum Gasteiger partial charge on any atom is -0.481 e. The lowest BCUT2D eigenvalue weighted by atomic mass is 9.98. The maximum absolute atomic E-state index is 11.3. The second-order valence-corrected chi connectivity index (χ2v) is 9.13. The molecule has 0 bridgehead atoms. The van der Waals surface area contributed by atoms with Crippen molar-refractivity contribution >= 4 is 34.2 Å². The minimum absolute atomic E-state index is 0.233. The molecule has 1 N–H and O–H groups in total. The minimum atomic E-state index is -0.670. The maximum atomic E-state index is 11.3. The van der Waals surface area contributed by atoms with Gasteiger partial charge in [-0.3, -0.25) is 4.79 Å². The first-order valence-electron chi connectivity index (χ1n) is 9.90. The van der Waals surface area contributed by atoms with Crippen LogP contribution in [0.4, 0.5) is 0 Å². The maximum Gasteiger partial charge on any atom is 0.307 e. The molecule has 29 heavy (non-hydrogen) atoms. The van der Waals surface area contributed by atoms with Crippen molar-refractivity contribution in [2.75, 3.05) is 33.9 Å². The topological polar surface area (TPSA) is 59.0 Å². The van der Waals surface area contributed by atoms with Gasteiger partial charge in [0, 0.05) is 42.6 Å². The molecule has 1 atom stereocenters. The lowest BCUT2D eigenvalue weighted by molar-refractivity contribution is -0.143. The molecular formula is C22H29NO4S2. The number of likely N-dealkylation sites (tertiary alicyclic amines) is 1. The van der Waals surface area contributed by atoms with Gasteiger partial charge >= 0.3 is 5.97 Å². The number of ether oxygens (including phenoxy) is 2. The van der Waals surface area contributed by atoms with E-state index in [9.17, 15) is 9.90 Å². The molecule has 0 aromatic carbocycles. The summed E-state index contributed by atoms with van der Waals surface area (Å²) in [6, 6.07) is 4.26. The second kappa shape index (κ2) is 11.0. The first kappa shape index (κ1) is 22.2. The molecule has 0 aliphatic carbocycles. The molecule has 1 fully saturated rings. The van der Waals surface area contributed by atoms with Crippen molar-refractivity contribution in [1.29, 1.82) is 0 Å². The predicted molar refractivity (Wildman–Crippen MR) is 119 cm³/mol. The summed E-state index contributed by atoms with van der Waals surface area (Å²) in [5.41, 5.74) is 3.63. The molecule has 158 valence electrons. The van der Waals surface area contributed by atoms with E-state index in [0.29, 0.717) is 19.8 Å². The van der Waals surface area contributed by atoms with Gasteiger partial charge in [-0.15, -0.1) is 22.7 Å². The Bertz CT molecular complexity index is 780. The van der Waals surface area contributed by atoms with Crippen molar-refractivity contribution in [3.63, 3.8) is 0 Å². The van der Waals surface area contributed by atoms with Crippen LogP contribution in [-0.4, -0.2) is 49.8 Å². The Balaban J connectivity index is 1.80. The number of carboxylic acids is 1. The average molecular weight is 436 g/mol. The molecule has 1 aliphatic rings. The van der Waals surface area contributed by atoms with E-state index in [1.54, 1.807) is 36.9 Å². The van der Waals surface area contributed by atoms with Crippen molar-refractivity contribution < 1.29 is 19.4 Å². The van der Waals surface area contributed by atoms with Crippen LogP contribution in [-0.2, 0) is 27.5 Å². The molecule has 3 rings (SSSR count). The molecule has 0 radical (unpaired) electrons. The van der Waals surface area contributed by atoms with Crippen LogP contribution in [0.2, 0.25) is 0 Å². The zero-order chi connectivity index (χ0) is 20.6. The third-order valence-electron chi connectivity index (χ3n) is 5.23. The highest BCUT2D eigenvalue weighted by Gasteiger charge is 2.25. The van der Waals surface area contributed by atoms with E-state index < -0.39 is 5.97 Å². The lowest BCUT2D eigenvalue weighted by Crippen LogP contribution is -2.39. The molecule has 2 aromatic rings. The van der Waals surface area contributed by atoms with Gasteiger partial charge in [0.15, 0.2) is 0 Å². The summed E-state index contributed by atoms with van der Waals surface area (Å²) in [4.78, 5) is 16.1. The number of carbonyl (C=O) groups is 1. The fourth-order valence-corrected chi connectivity index (χ4v) is 5.81. The van der Waals surface area contributed by atoms with E-state index in [1.165, 1.54) is 26.5 Å². The van der Waals surface area contributed by atoms with E-state index in [0.717, 1.165) is 32.4 Å². The second-order valence-electron chi connectivity index (χ2n) is 7.30. The van der Waals surface area contributed by atoms with Crippen molar-refractivity contribution in [2.45, 2.75) is 32.5 Å². The molecule has 5 nitrogen and oxygen atoms in total. The molecule has 0 spiro atoms. The number of nitrogens with zero attached hydrogens (tertiary/aromatic N) is 1. The summed E-state index contributed by atoms with van der Waals surface area (Å²) in [7, 11) is 3.45. The highest BCUT2D eigenvalue weighted by atomic mass is 32.1.